The van der Waals surface area contributed by atoms with Gasteiger partial charge in [-0.2, -0.15) is 4.98 Å². The Balaban J connectivity index is 1.49. The van der Waals surface area contributed by atoms with E-state index in [1.807, 2.05) is 9.47 Å². The number of aromatic amines is 1. The Morgan fingerprint density at radius 3 is 2.58 bits per heavy atom. The minimum absolute atomic E-state index is 0.0255. The van der Waals surface area contributed by atoms with E-state index in [0.717, 1.165) is 0 Å². The van der Waals surface area contributed by atoms with Crippen LogP contribution in [0.25, 0.3) is 33.5 Å². The van der Waals surface area contributed by atoms with Crippen molar-refractivity contribution in [1.29, 1.82) is 0 Å². The second-order valence-electron chi connectivity index (χ2n) is 8.92. The van der Waals surface area contributed by atoms with Crippen molar-refractivity contribution < 1.29 is 23.4 Å². The van der Waals surface area contributed by atoms with Gasteiger partial charge in [0.25, 0.3) is 6.43 Å². The molecule has 2 saturated heterocycles. The predicted octanol–water partition coefficient (Wildman–Crippen LogP) is 3.46. The zero-order valence-corrected chi connectivity index (χ0v) is 19.3. The van der Waals surface area contributed by atoms with Crippen LogP contribution in [0.5, 0.6) is 0 Å². The Labute approximate surface area is 203 Å². The number of amides is 1. The van der Waals surface area contributed by atoms with Crippen LogP contribution in [0.4, 0.5) is 19.5 Å². The molecule has 6 rings (SSSR count). The first kappa shape index (κ1) is 22.6. The Kier molecular flexibility index (Phi) is 5.63. The van der Waals surface area contributed by atoms with Crippen LogP contribution in [-0.2, 0) is 4.74 Å². The number of carboxylic acid groups (broad SMARTS) is 1. The van der Waals surface area contributed by atoms with Gasteiger partial charge in [-0.3, -0.25) is 0 Å². The molecule has 1 aromatic carbocycles. The molecule has 0 spiro atoms. The van der Waals surface area contributed by atoms with Gasteiger partial charge in [-0.25, -0.2) is 28.5 Å². The van der Waals surface area contributed by atoms with E-state index in [1.54, 1.807) is 24.5 Å². The van der Waals surface area contributed by atoms with Crippen molar-refractivity contribution in [2.75, 3.05) is 44.3 Å². The van der Waals surface area contributed by atoms with Crippen molar-refractivity contribution in [3.05, 3.63) is 30.4 Å². The number of hydrogen-bond donors (Lipinski definition) is 2. The van der Waals surface area contributed by atoms with Crippen LogP contribution in [0.3, 0.4) is 0 Å². The van der Waals surface area contributed by atoms with Crippen LogP contribution >= 0.6 is 0 Å². The molecule has 0 radical (unpaired) electrons. The van der Waals surface area contributed by atoms with Crippen molar-refractivity contribution in [3.63, 3.8) is 0 Å². The number of ether oxygens (including phenoxy) is 1. The number of carbonyl (C=O) groups is 1. The molecule has 2 aliphatic rings. The highest BCUT2D eigenvalue weighted by molar-refractivity contribution is 5.99. The molecule has 0 atom stereocenters. The van der Waals surface area contributed by atoms with E-state index in [4.69, 9.17) is 14.7 Å². The fourth-order valence-corrected chi connectivity index (χ4v) is 4.95. The summed E-state index contributed by atoms with van der Waals surface area (Å²) >= 11 is 0. The van der Waals surface area contributed by atoms with E-state index < -0.39 is 18.3 Å². The van der Waals surface area contributed by atoms with Gasteiger partial charge in [0.15, 0.2) is 11.5 Å². The lowest BCUT2D eigenvalue weighted by Crippen LogP contribution is -2.38. The molecule has 4 aromatic rings. The molecule has 13 heteroatoms. The lowest BCUT2D eigenvalue weighted by molar-refractivity contribution is 0.122. The van der Waals surface area contributed by atoms with Crippen LogP contribution in [0.1, 0.15) is 31.1 Å². The number of H-pyrrole nitrogens is 1. The van der Waals surface area contributed by atoms with E-state index >= 15 is 0 Å². The first-order valence-electron chi connectivity index (χ1n) is 11.8. The highest BCUT2D eigenvalue weighted by atomic mass is 19.3. The molecule has 36 heavy (non-hydrogen) atoms. The third kappa shape index (κ3) is 3.88. The molecule has 2 N–H and O–H groups in total. The summed E-state index contributed by atoms with van der Waals surface area (Å²) in [5, 5.41) is 9.31. The standard InChI is InChI=1S/C23H24F2N8O3/c24-19(25)20-27-15-3-1-2-14(16(15)28-20)17-18-21(30-22(29-17)31-8-10-36-11-9-31)33(12-26-18)13-4-6-32(7-5-13)23(34)35/h1-3,12-13,19H,4-11H2,(H,27,28)(H,34,35). The summed E-state index contributed by atoms with van der Waals surface area (Å²) in [5.41, 5.74) is 3.15. The molecular formula is C23H24F2N8O3. The monoisotopic (exact) mass is 498 g/mol. The maximum absolute atomic E-state index is 13.4. The van der Waals surface area contributed by atoms with E-state index in [-0.39, 0.29) is 6.04 Å². The normalized spacial score (nSPS) is 17.5. The molecule has 5 heterocycles. The third-order valence-corrected chi connectivity index (χ3v) is 6.82. The zero-order valence-electron chi connectivity index (χ0n) is 19.3. The van der Waals surface area contributed by atoms with Crippen molar-refractivity contribution in [2.45, 2.75) is 25.3 Å². The number of alkyl halides is 2. The van der Waals surface area contributed by atoms with Crippen molar-refractivity contribution in [3.8, 4) is 11.3 Å². The number of likely N-dealkylation sites (tertiary alicyclic amines) is 1. The number of hydrogen-bond acceptors (Lipinski definition) is 7. The number of halogens is 2. The Morgan fingerprint density at radius 2 is 1.86 bits per heavy atom. The summed E-state index contributed by atoms with van der Waals surface area (Å²) in [4.78, 5) is 36.0. The number of imidazole rings is 2. The zero-order chi connectivity index (χ0) is 24.8. The number of para-hydroxylation sites is 1. The van der Waals surface area contributed by atoms with Gasteiger partial charge in [0.2, 0.25) is 5.95 Å². The van der Waals surface area contributed by atoms with Gasteiger partial charge in [0, 0.05) is 37.8 Å². The topological polar surface area (TPSA) is 125 Å². The summed E-state index contributed by atoms with van der Waals surface area (Å²) < 4.78 is 34.3. The summed E-state index contributed by atoms with van der Waals surface area (Å²) in [6, 6.07) is 5.30. The van der Waals surface area contributed by atoms with Gasteiger partial charge in [0.1, 0.15) is 11.2 Å². The number of morpholine rings is 1. The molecule has 0 aliphatic carbocycles. The molecule has 2 aliphatic heterocycles. The summed E-state index contributed by atoms with van der Waals surface area (Å²) in [6.45, 7) is 3.21. The van der Waals surface area contributed by atoms with Gasteiger partial charge in [-0.1, -0.05) is 12.1 Å². The summed E-state index contributed by atoms with van der Waals surface area (Å²) in [7, 11) is 0. The quantitative estimate of drug-likeness (QED) is 0.438. The van der Waals surface area contributed by atoms with Gasteiger partial charge < -0.3 is 29.2 Å². The van der Waals surface area contributed by atoms with Crippen molar-refractivity contribution in [1.82, 2.24) is 34.4 Å². The van der Waals surface area contributed by atoms with Crippen LogP contribution < -0.4 is 4.90 Å². The SMILES string of the molecule is O=C(O)N1CCC(n2cnc3c(-c4cccc5[nH]c(C(F)F)nc45)nc(N4CCOCC4)nc32)CC1. The fraction of sp³-hybridized carbons (Fsp3) is 0.435. The lowest BCUT2D eigenvalue weighted by Gasteiger charge is -2.31. The molecule has 188 valence electrons. The fourth-order valence-electron chi connectivity index (χ4n) is 4.95. The number of anilines is 1. The van der Waals surface area contributed by atoms with Gasteiger partial charge in [-0.15, -0.1) is 0 Å². The largest absolute Gasteiger partial charge is 0.465 e. The van der Waals surface area contributed by atoms with E-state index in [0.29, 0.717) is 91.6 Å². The Hall–Kier alpha value is -3.87. The highest BCUT2D eigenvalue weighted by Crippen LogP contribution is 2.35. The molecule has 0 saturated carbocycles. The molecule has 3 aromatic heterocycles. The Bertz CT molecular complexity index is 1420. The number of aromatic nitrogens is 6. The van der Waals surface area contributed by atoms with Crippen LogP contribution in [-0.4, -0.2) is 85.0 Å². The third-order valence-electron chi connectivity index (χ3n) is 6.82. The first-order chi connectivity index (χ1) is 17.5. The molecule has 1 amide bonds. The second kappa shape index (κ2) is 8.97. The van der Waals surface area contributed by atoms with E-state index in [2.05, 4.69) is 15.0 Å². The summed E-state index contributed by atoms with van der Waals surface area (Å²) in [6.07, 6.45) is -0.663. The van der Waals surface area contributed by atoms with E-state index in [9.17, 15) is 18.7 Å². The van der Waals surface area contributed by atoms with Crippen molar-refractivity contribution in [2.24, 2.45) is 0 Å². The van der Waals surface area contributed by atoms with Crippen LogP contribution in [0.2, 0.25) is 0 Å². The number of benzene rings is 1. The first-order valence-corrected chi connectivity index (χ1v) is 11.8. The summed E-state index contributed by atoms with van der Waals surface area (Å²) in [5.74, 6) is 0.110. The van der Waals surface area contributed by atoms with Crippen molar-refractivity contribution >= 4 is 34.2 Å². The minimum Gasteiger partial charge on any atom is -0.465 e. The number of nitrogens with zero attached hydrogens (tertiary/aromatic N) is 7. The maximum Gasteiger partial charge on any atom is 0.407 e. The van der Waals surface area contributed by atoms with Crippen LogP contribution in [0.15, 0.2) is 24.5 Å². The molecule has 0 unspecified atom stereocenters. The molecular weight excluding hydrogens is 474 g/mol. The van der Waals surface area contributed by atoms with E-state index in [1.165, 1.54) is 4.90 Å². The number of fused-ring (bicyclic) bond motifs is 2. The Morgan fingerprint density at radius 1 is 1.08 bits per heavy atom. The second-order valence-corrected chi connectivity index (χ2v) is 8.92. The van der Waals surface area contributed by atoms with Gasteiger partial charge >= 0.3 is 6.09 Å². The predicted molar refractivity (Wildman–Crippen MR) is 126 cm³/mol. The average Bonchev–Trinajstić information content (AvgIpc) is 3.53. The molecule has 0 bridgehead atoms. The van der Waals surface area contributed by atoms with Gasteiger partial charge in [0.05, 0.1) is 30.6 Å². The average molecular weight is 498 g/mol. The molecule has 2 fully saturated rings. The molecule has 11 nitrogen and oxygen atoms in total. The number of piperidine rings is 1. The minimum atomic E-state index is -2.73. The number of rotatable bonds is 4. The smallest absolute Gasteiger partial charge is 0.407 e. The highest BCUT2D eigenvalue weighted by Gasteiger charge is 2.28. The van der Waals surface area contributed by atoms with Gasteiger partial charge in [-0.05, 0) is 18.9 Å². The van der Waals surface area contributed by atoms with Crippen LogP contribution in [0, 0.1) is 0 Å². The maximum atomic E-state index is 13.4. The lowest BCUT2D eigenvalue weighted by atomic mass is 10.1. The number of nitrogens with one attached hydrogen (secondary N) is 1.